The third-order valence-corrected chi connectivity index (χ3v) is 1.90. The zero-order chi connectivity index (χ0) is 12.9. The molecule has 17 heavy (non-hydrogen) atoms. The maximum absolute atomic E-state index is 11.4. The summed E-state index contributed by atoms with van der Waals surface area (Å²) in [6.45, 7) is 6.85. The number of hydrogen-bond donors (Lipinski definition) is 3. The monoisotopic (exact) mass is 244 g/mol. The lowest BCUT2D eigenvalue weighted by molar-refractivity contribution is -0.119. The molecule has 0 aromatic rings. The summed E-state index contributed by atoms with van der Waals surface area (Å²) in [4.78, 5) is 15.5. The fourth-order valence-corrected chi connectivity index (χ4v) is 1.08. The first-order valence-electron chi connectivity index (χ1n) is 6.02. The van der Waals surface area contributed by atoms with Gasteiger partial charge in [-0.05, 0) is 13.3 Å². The molecular formula is C11H24N4O2. The van der Waals surface area contributed by atoms with E-state index in [9.17, 15) is 4.79 Å². The fourth-order valence-electron chi connectivity index (χ4n) is 1.08. The van der Waals surface area contributed by atoms with Crippen LogP contribution < -0.4 is 16.0 Å². The third kappa shape index (κ3) is 9.62. The molecule has 0 saturated heterocycles. The quantitative estimate of drug-likeness (QED) is 0.312. The molecule has 6 heteroatoms. The first-order chi connectivity index (χ1) is 8.24. The fraction of sp³-hybridized carbons (Fsp3) is 0.818. The van der Waals surface area contributed by atoms with Gasteiger partial charge in [0.1, 0.15) is 6.54 Å². The number of hydrogen-bond acceptors (Lipinski definition) is 3. The van der Waals surface area contributed by atoms with E-state index in [1.165, 1.54) is 0 Å². The second kappa shape index (κ2) is 11.2. The number of ether oxygens (including phenoxy) is 1. The van der Waals surface area contributed by atoms with Gasteiger partial charge in [0.15, 0.2) is 5.96 Å². The highest BCUT2D eigenvalue weighted by Gasteiger charge is 2.00. The van der Waals surface area contributed by atoms with Crippen LogP contribution in [-0.4, -0.2) is 51.8 Å². The number of amides is 1. The summed E-state index contributed by atoms with van der Waals surface area (Å²) in [6, 6.07) is 0. The molecule has 100 valence electrons. The van der Waals surface area contributed by atoms with Crippen molar-refractivity contribution in [3.63, 3.8) is 0 Å². The highest BCUT2D eigenvalue weighted by Crippen LogP contribution is 1.77. The summed E-state index contributed by atoms with van der Waals surface area (Å²) in [5.41, 5.74) is 0. The zero-order valence-electron chi connectivity index (χ0n) is 11.0. The van der Waals surface area contributed by atoms with Crippen LogP contribution in [-0.2, 0) is 9.53 Å². The SMILES string of the molecule is CCCNC(=NCC(=O)NCCOC)NCC. The average Bonchev–Trinajstić information content (AvgIpc) is 2.33. The van der Waals surface area contributed by atoms with Crippen LogP contribution in [0.2, 0.25) is 0 Å². The number of nitrogens with one attached hydrogen (secondary N) is 3. The van der Waals surface area contributed by atoms with Crippen LogP contribution in [0.1, 0.15) is 20.3 Å². The molecule has 0 radical (unpaired) electrons. The van der Waals surface area contributed by atoms with E-state index < -0.39 is 0 Å². The molecule has 0 unspecified atom stereocenters. The first-order valence-corrected chi connectivity index (χ1v) is 6.02. The van der Waals surface area contributed by atoms with Gasteiger partial charge in [0.2, 0.25) is 5.91 Å². The number of aliphatic imine (C=N–C) groups is 1. The van der Waals surface area contributed by atoms with Gasteiger partial charge in [-0.3, -0.25) is 4.79 Å². The second-order valence-electron chi connectivity index (χ2n) is 3.46. The summed E-state index contributed by atoms with van der Waals surface area (Å²) < 4.78 is 4.83. The van der Waals surface area contributed by atoms with Crippen molar-refractivity contribution < 1.29 is 9.53 Å². The Morgan fingerprint density at radius 2 is 1.94 bits per heavy atom. The van der Waals surface area contributed by atoms with E-state index in [0.29, 0.717) is 19.1 Å². The standard InChI is InChI=1S/C11H24N4O2/c1-4-6-14-11(12-5-2)15-9-10(16)13-7-8-17-3/h4-9H2,1-3H3,(H,13,16)(H2,12,14,15). The van der Waals surface area contributed by atoms with Crippen molar-refractivity contribution in [2.24, 2.45) is 4.99 Å². The van der Waals surface area contributed by atoms with Gasteiger partial charge in [-0.15, -0.1) is 0 Å². The van der Waals surface area contributed by atoms with Crippen LogP contribution in [0.3, 0.4) is 0 Å². The molecule has 0 fully saturated rings. The van der Waals surface area contributed by atoms with Gasteiger partial charge in [0.25, 0.3) is 0 Å². The van der Waals surface area contributed by atoms with E-state index in [4.69, 9.17) is 4.74 Å². The Labute approximate surface area is 103 Å². The summed E-state index contributed by atoms with van der Waals surface area (Å²) in [5.74, 6) is 0.576. The molecule has 0 aromatic heterocycles. The Bertz CT molecular complexity index is 232. The first kappa shape index (κ1) is 15.7. The van der Waals surface area contributed by atoms with E-state index in [2.05, 4.69) is 27.9 Å². The van der Waals surface area contributed by atoms with Crippen LogP contribution in [0.5, 0.6) is 0 Å². The maximum atomic E-state index is 11.4. The Morgan fingerprint density at radius 1 is 1.18 bits per heavy atom. The molecule has 0 aliphatic heterocycles. The van der Waals surface area contributed by atoms with E-state index in [0.717, 1.165) is 19.5 Å². The maximum Gasteiger partial charge on any atom is 0.241 e. The summed E-state index contributed by atoms with van der Waals surface area (Å²) >= 11 is 0. The van der Waals surface area contributed by atoms with Crippen molar-refractivity contribution in [3.8, 4) is 0 Å². The number of nitrogens with zero attached hydrogens (tertiary/aromatic N) is 1. The predicted molar refractivity (Wildman–Crippen MR) is 69.2 cm³/mol. The van der Waals surface area contributed by atoms with E-state index in [1.54, 1.807) is 7.11 Å². The van der Waals surface area contributed by atoms with Crippen molar-refractivity contribution in [2.45, 2.75) is 20.3 Å². The van der Waals surface area contributed by atoms with Gasteiger partial charge >= 0.3 is 0 Å². The third-order valence-electron chi connectivity index (χ3n) is 1.90. The topological polar surface area (TPSA) is 74.8 Å². The molecule has 0 rings (SSSR count). The molecule has 0 atom stereocenters. The van der Waals surface area contributed by atoms with Crippen molar-refractivity contribution >= 4 is 11.9 Å². The van der Waals surface area contributed by atoms with Crippen molar-refractivity contribution in [2.75, 3.05) is 39.9 Å². The molecule has 0 heterocycles. The number of rotatable bonds is 8. The van der Waals surface area contributed by atoms with Crippen LogP contribution in [0.15, 0.2) is 4.99 Å². The largest absolute Gasteiger partial charge is 0.383 e. The Balaban J connectivity index is 3.91. The zero-order valence-corrected chi connectivity index (χ0v) is 11.0. The molecule has 0 aliphatic carbocycles. The molecule has 6 nitrogen and oxygen atoms in total. The minimum atomic E-state index is -0.101. The van der Waals surface area contributed by atoms with Gasteiger partial charge in [0, 0.05) is 26.7 Å². The lowest BCUT2D eigenvalue weighted by Gasteiger charge is -2.10. The van der Waals surface area contributed by atoms with Crippen molar-refractivity contribution in [1.82, 2.24) is 16.0 Å². The Kier molecular flexibility index (Phi) is 10.3. The summed E-state index contributed by atoms with van der Waals surface area (Å²) in [6.07, 6.45) is 1.02. The number of guanidine groups is 1. The van der Waals surface area contributed by atoms with Crippen LogP contribution in [0.25, 0.3) is 0 Å². The van der Waals surface area contributed by atoms with Crippen molar-refractivity contribution in [1.29, 1.82) is 0 Å². The number of methoxy groups -OCH3 is 1. The molecule has 0 aromatic carbocycles. The van der Waals surface area contributed by atoms with Gasteiger partial charge in [-0.1, -0.05) is 6.92 Å². The molecule has 0 saturated carbocycles. The van der Waals surface area contributed by atoms with E-state index in [1.807, 2.05) is 6.92 Å². The number of carbonyl (C=O) groups excluding carboxylic acids is 1. The molecule has 0 spiro atoms. The Morgan fingerprint density at radius 3 is 2.53 bits per heavy atom. The van der Waals surface area contributed by atoms with E-state index in [-0.39, 0.29) is 12.5 Å². The minimum Gasteiger partial charge on any atom is -0.383 e. The second-order valence-corrected chi connectivity index (χ2v) is 3.46. The number of carbonyl (C=O) groups is 1. The van der Waals surface area contributed by atoms with Crippen LogP contribution >= 0.6 is 0 Å². The average molecular weight is 244 g/mol. The molecule has 0 aliphatic rings. The minimum absolute atomic E-state index is 0.101. The normalized spacial score (nSPS) is 11.1. The van der Waals surface area contributed by atoms with Gasteiger partial charge in [-0.25, -0.2) is 4.99 Å². The molecule has 1 amide bonds. The Hall–Kier alpha value is -1.30. The lowest BCUT2D eigenvalue weighted by atomic mass is 10.5. The smallest absolute Gasteiger partial charge is 0.241 e. The predicted octanol–water partition coefficient (Wildman–Crippen LogP) is -0.286. The molecule has 0 bridgehead atoms. The molecule has 3 N–H and O–H groups in total. The van der Waals surface area contributed by atoms with Crippen molar-refractivity contribution in [3.05, 3.63) is 0 Å². The molecular weight excluding hydrogens is 220 g/mol. The lowest BCUT2D eigenvalue weighted by Crippen LogP contribution is -2.39. The van der Waals surface area contributed by atoms with Crippen LogP contribution in [0, 0.1) is 0 Å². The summed E-state index contributed by atoms with van der Waals surface area (Å²) in [5, 5.41) is 8.91. The van der Waals surface area contributed by atoms with Gasteiger partial charge in [-0.2, -0.15) is 0 Å². The van der Waals surface area contributed by atoms with E-state index >= 15 is 0 Å². The summed E-state index contributed by atoms with van der Waals surface area (Å²) in [7, 11) is 1.60. The van der Waals surface area contributed by atoms with Crippen LogP contribution in [0.4, 0.5) is 0 Å². The van der Waals surface area contributed by atoms with Gasteiger partial charge in [0.05, 0.1) is 6.61 Å². The highest BCUT2D eigenvalue weighted by molar-refractivity contribution is 5.84. The highest BCUT2D eigenvalue weighted by atomic mass is 16.5. The van der Waals surface area contributed by atoms with Gasteiger partial charge < -0.3 is 20.7 Å².